The molecular weight excluding hydrogens is 240 g/mol. The Morgan fingerprint density at radius 1 is 1.50 bits per heavy atom. The third-order valence-electron chi connectivity index (χ3n) is 2.41. The smallest absolute Gasteiger partial charge is 0.334 e. The van der Waals surface area contributed by atoms with Crippen LogP contribution >= 0.6 is 0 Å². The third-order valence-corrected chi connectivity index (χ3v) is 2.41. The van der Waals surface area contributed by atoms with Gasteiger partial charge in [0.15, 0.2) is 0 Å². The Morgan fingerprint density at radius 2 is 2.17 bits per heavy atom. The van der Waals surface area contributed by atoms with Gasteiger partial charge in [0, 0.05) is 18.3 Å². The van der Waals surface area contributed by atoms with Crippen LogP contribution in [0.25, 0.3) is 0 Å². The molecule has 0 aromatic carbocycles. The Labute approximate surface area is 103 Å². The first-order chi connectivity index (χ1) is 8.47. The van der Waals surface area contributed by atoms with Crippen molar-refractivity contribution < 1.29 is 14.5 Å². The molecule has 0 unspecified atom stereocenters. The molecule has 18 heavy (non-hydrogen) atoms. The third kappa shape index (κ3) is 3.16. The predicted molar refractivity (Wildman–Crippen MR) is 63.3 cm³/mol. The summed E-state index contributed by atoms with van der Waals surface area (Å²) in [5.74, 6) is -0.435. The Kier molecular flexibility index (Phi) is 4.59. The quantitative estimate of drug-likeness (QED) is 0.444. The van der Waals surface area contributed by atoms with Gasteiger partial charge in [-0.3, -0.25) is 19.7 Å². The minimum atomic E-state index is -0.733. The maximum absolute atomic E-state index is 11.8. The van der Waals surface area contributed by atoms with E-state index in [4.69, 9.17) is 4.74 Å². The molecule has 0 amide bonds. The molecule has 98 valence electrons. The molecule has 1 aromatic rings. The molecule has 0 spiro atoms. The van der Waals surface area contributed by atoms with Gasteiger partial charge in [-0.05, 0) is 19.9 Å². The van der Waals surface area contributed by atoms with E-state index in [1.165, 1.54) is 16.7 Å². The monoisotopic (exact) mass is 254 g/mol. The number of nitrogens with zero attached hydrogens (tertiary/aromatic N) is 2. The van der Waals surface area contributed by atoms with E-state index in [1.807, 2.05) is 0 Å². The molecule has 0 aliphatic rings. The average molecular weight is 254 g/mol. The highest BCUT2D eigenvalue weighted by molar-refractivity contribution is 5.69. The number of hydrogen-bond donors (Lipinski definition) is 0. The fourth-order valence-corrected chi connectivity index (χ4v) is 1.51. The van der Waals surface area contributed by atoms with Crippen LogP contribution in [0.1, 0.15) is 19.0 Å². The molecule has 7 heteroatoms. The summed E-state index contributed by atoms with van der Waals surface area (Å²) in [7, 11) is 0. The lowest BCUT2D eigenvalue weighted by atomic mass is 10.3. The zero-order valence-corrected chi connectivity index (χ0v) is 10.2. The summed E-state index contributed by atoms with van der Waals surface area (Å²) in [6.45, 7) is 3.67. The van der Waals surface area contributed by atoms with Crippen LogP contribution in [0.5, 0.6) is 0 Å². The van der Waals surface area contributed by atoms with E-state index in [9.17, 15) is 19.7 Å². The zero-order valence-electron chi connectivity index (χ0n) is 10.2. The molecule has 0 saturated heterocycles. The molecule has 0 atom stereocenters. The molecule has 0 N–H and O–H groups in total. The lowest BCUT2D eigenvalue weighted by Gasteiger charge is -2.08. The number of hydrogen-bond acceptors (Lipinski definition) is 5. The first-order valence-corrected chi connectivity index (χ1v) is 5.47. The molecule has 0 aliphatic carbocycles. The highest BCUT2D eigenvalue weighted by Gasteiger charge is 2.16. The highest BCUT2D eigenvalue weighted by Crippen LogP contribution is 2.06. The SMILES string of the molecule is CCOC(=O)CCn1c(C)ccc([N+](=O)[O-])c1=O. The van der Waals surface area contributed by atoms with Crippen molar-refractivity contribution in [1.82, 2.24) is 4.57 Å². The Bertz CT molecular complexity index is 521. The summed E-state index contributed by atoms with van der Waals surface area (Å²) < 4.78 is 5.94. The number of carbonyl (C=O) groups is 1. The van der Waals surface area contributed by atoms with Gasteiger partial charge in [0.2, 0.25) is 0 Å². The van der Waals surface area contributed by atoms with E-state index in [0.717, 1.165) is 0 Å². The largest absolute Gasteiger partial charge is 0.466 e. The van der Waals surface area contributed by atoms with Gasteiger partial charge in [-0.1, -0.05) is 0 Å². The van der Waals surface area contributed by atoms with E-state index >= 15 is 0 Å². The van der Waals surface area contributed by atoms with Crippen LogP contribution in [-0.4, -0.2) is 22.1 Å². The van der Waals surface area contributed by atoms with Gasteiger partial charge in [-0.2, -0.15) is 0 Å². The summed E-state index contributed by atoms with van der Waals surface area (Å²) in [6.07, 6.45) is 0.00968. The number of aromatic nitrogens is 1. The lowest BCUT2D eigenvalue weighted by molar-refractivity contribution is -0.386. The maximum Gasteiger partial charge on any atom is 0.334 e. The van der Waals surface area contributed by atoms with Gasteiger partial charge in [-0.25, -0.2) is 0 Å². The summed E-state index contributed by atoms with van der Waals surface area (Å²) in [5.41, 5.74) is -0.636. The lowest BCUT2D eigenvalue weighted by Crippen LogP contribution is -2.25. The van der Waals surface area contributed by atoms with Crippen molar-refractivity contribution in [3.05, 3.63) is 38.3 Å². The first kappa shape index (κ1) is 13.9. The molecule has 0 radical (unpaired) electrons. The van der Waals surface area contributed by atoms with Crippen LogP contribution in [0, 0.1) is 17.0 Å². The second-order valence-electron chi connectivity index (χ2n) is 3.63. The van der Waals surface area contributed by atoms with Gasteiger partial charge >= 0.3 is 17.2 Å². The van der Waals surface area contributed by atoms with Crippen molar-refractivity contribution in [2.24, 2.45) is 0 Å². The summed E-state index contributed by atoms with van der Waals surface area (Å²) >= 11 is 0. The van der Waals surface area contributed by atoms with Crippen LogP contribution in [0.3, 0.4) is 0 Å². The summed E-state index contributed by atoms with van der Waals surface area (Å²) in [5, 5.41) is 10.6. The zero-order chi connectivity index (χ0) is 13.7. The van der Waals surface area contributed by atoms with Crippen LogP contribution < -0.4 is 5.56 Å². The van der Waals surface area contributed by atoms with Crippen LogP contribution in [0.4, 0.5) is 5.69 Å². The topological polar surface area (TPSA) is 91.4 Å². The fourth-order valence-electron chi connectivity index (χ4n) is 1.51. The standard InChI is InChI=1S/C11H14N2O5/c1-3-18-10(14)6-7-12-8(2)4-5-9(11(12)15)13(16)17/h4-5H,3,6-7H2,1-2H3. The minimum Gasteiger partial charge on any atom is -0.466 e. The van der Waals surface area contributed by atoms with Crippen molar-refractivity contribution in [3.8, 4) is 0 Å². The number of aryl methyl sites for hydroxylation is 1. The van der Waals surface area contributed by atoms with Crippen LogP contribution in [-0.2, 0) is 16.1 Å². The number of nitro groups is 1. The summed E-state index contributed by atoms with van der Waals surface area (Å²) in [4.78, 5) is 32.9. The van der Waals surface area contributed by atoms with E-state index in [1.54, 1.807) is 13.8 Å². The Morgan fingerprint density at radius 3 is 2.72 bits per heavy atom. The van der Waals surface area contributed by atoms with Gasteiger partial charge in [0.25, 0.3) is 0 Å². The maximum atomic E-state index is 11.8. The van der Waals surface area contributed by atoms with Gasteiger partial charge in [0.05, 0.1) is 18.0 Å². The summed E-state index contributed by atoms with van der Waals surface area (Å²) in [6, 6.07) is 2.64. The van der Waals surface area contributed by atoms with Gasteiger partial charge in [-0.15, -0.1) is 0 Å². The van der Waals surface area contributed by atoms with E-state index in [0.29, 0.717) is 5.69 Å². The molecular formula is C11H14N2O5. The number of esters is 1. The predicted octanol–water partition coefficient (Wildman–Crippen LogP) is 1.02. The second-order valence-corrected chi connectivity index (χ2v) is 3.63. The molecule has 7 nitrogen and oxygen atoms in total. The number of carbonyl (C=O) groups excluding carboxylic acids is 1. The number of pyridine rings is 1. The highest BCUT2D eigenvalue weighted by atomic mass is 16.6. The van der Waals surface area contributed by atoms with Crippen LogP contribution in [0.15, 0.2) is 16.9 Å². The average Bonchev–Trinajstić information content (AvgIpc) is 2.28. The van der Waals surface area contributed by atoms with Gasteiger partial charge < -0.3 is 9.30 Å². The molecule has 0 bridgehead atoms. The Balaban J connectivity index is 2.95. The molecule has 0 fully saturated rings. The molecule has 1 heterocycles. The number of ether oxygens (including phenoxy) is 1. The van der Waals surface area contributed by atoms with Crippen molar-refractivity contribution in [3.63, 3.8) is 0 Å². The van der Waals surface area contributed by atoms with Crippen molar-refractivity contribution >= 4 is 11.7 Å². The van der Waals surface area contributed by atoms with Crippen molar-refractivity contribution in [2.45, 2.75) is 26.8 Å². The van der Waals surface area contributed by atoms with Crippen LogP contribution in [0.2, 0.25) is 0 Å². The van der Waals surface area contributed by atoms with E-state index < -0.39 is 22.1 Å². The number of rotatable bonds is 5. The van der Waals surface area contributed by atoms with Gasteiger partial charge in [0.1, 0.15) is 0 Å². The first-order valence-electron chi connectivity index (χ1n) is 5.47. The fraction of sp³-hybridized carbons (Fsp3) is 0.455. The minimum absolute atomic E-state index is 0.00968. The van der Waals surface area contributed by atoms with E-state index in [-0.39, 0.29) is 19.6 Å². The normalized spacial score (nSPS) is 10.1. The molecule has 0 aliphatic heterocycles. The molecule has 1 aromatic heterocycles. The Hall–Kier alpha value is -2.18. The molecule has 0 saturated carbocycles. The second kappa shape index (κ2) is 5.95. The van der Waals surface area contributed by atoms with E-state index in [2.05, 4.69) is 0 Å². The van der Waals surface area contributed by atoms with Crippen molar-refractivity contribution in [2.75, 3.05) is 6.61 Å². The van der Waals surface area contributed by atoms with Crippen molar-refractivity contribution in [1.29, 1.82) is 0 Å². The molecule has 1 rings (SSSR count).